The smallest absolute Gasteiger partial charge is 0.329 e. The van der Waals surface area contributed by atoms with Gasteiger partial charge in [-0.05, 0) is 39.8 Å². The van der Waals surface area contributed by atoms with Crippen molar-refractivity contribution < 1.29 is 14.7 Å². The largest absolute Gasteiger partial charge is 0.479 e. The van der Waals surface area contributed by atoms with E-state index in [1.165, 1.54) is 0 Å². The molecule has 0 aromatic heterocycles. The molecule has 6 heteroatoms. The molecule has 0 aromatic rings. The topological polar surface area (TPSA) is 64.1 Å². The Labute approximate surface area is 120 Å². The summed E-state index contributed by atoms with van der Waals surface area (Å²) in [5.41, 5.74) is -0.993. The first-order valence-electron chi connectivity index (χ1n) is 7.38. The van der Waals surface area contributed by atoms with Gasteiger partial charge in [0.05, 0.1) is 0 Å². The molecule has 0 radical (unpaired) electrons. The Kier molecular flexibility index (Phi) is 4.22. The molecule has 0 aromatic carbocycles. The summed E-state index contributed by atoms with van der Waals surface area (Å²) in [7, 11) is 4.03. The summed E-state index contributed by atoms with van der Waals surface area (Å²) in [5, 5.41) is 9.55. The lowest BCUT2D eigenvalue weighted by molar-refractivity contribution is -0.148. The predicted molar refractivity (Wildman–Crippen MR) is 75.7 cm³/mol. The number of urea groups is 1. The van der Waals surface area contributed by atoms with Gasteiger partial charge in [-0.2, -0.15) is 0 Å². The molecule has 1 N–H and O–H groups in total. The summed E-state index contributed by atoms with van der Waals surface area (Å²) in [5.74, 6) is -0.866. The first-order valence-corrected chi connectivity index (χ1v) is 7.38. The molecule has 2 aliphatic rings. The number of amides is 2. The Morgan fingerprint density at radius 2 is 2.05 bits per heavy atom. The van der Waals surface area contributed by atoms with Crippen molar-refractivity contribution in [1.29, 1.82) is 0 Å². The molecule has 0 bridgehead atoms. The molecule has 114 valence electrons. The molecule has 2 heterocycles. The number of likely N-dealkylation sites (tertiary alicyclic amines) is 2. The molecule has 2 rings (SSSR count). The van der Waals surface area contributed by atoms with E-state index in [4.69, 9.17) is 0 Å². The first-order chi connectivity index (χ1) is 9.42. The zero-order valence-electron chi connectivity index (χ0n) is 12.6. The number of carbonyl (C=O) groups is 2. The van der Waals surface area contributed by atoms with Crippen LogP contribution in [0.1, 0.15) is 32.6 Å². The number of rotatable bonds is 3. The van der Waals surface area contributed by atoms with Gasteiger partial charge in [0, 0.05) is 25.7 Å². The van der Waals surface area contributed by atoms with Crippen molar-refractivity contribution in [2.45, 2.75) is 44.2 Å². The SMILES string of the molecule is CCC1(C(=O)O)CCCN1C(=O)N1CCC(N(C)C)C1. The van der Waals surface area contributed by atoms with Crippen LogP contribution in [0.4, 0.5) is 4.79 Å². The van der Waals surface area contributed by atoms with Crippen LogP contribution in [-0.2, 0) is 4.79 Å². The Hall–Kier alpha value is -1.30. The van der Waals surface area contributed by atoms with Gasteiger partial charge in [0.2, 0.25) is 0 Å². The van der Waals surface area contributed by atoms with E-state index >= 15 is 0 Å². The minimum atomic E-state index is -0.993. The highest BCUT2D eigenvalue weighted by Crippen LogP contribution is 2.34. The zero-order chi connectivity index (χ0) is 14.9. The number of nitrogens with zero attached hydrogens (tertiary/aromatic N) is 3. The van der Waals surface area contributed by atoms with Gasteiger partial charge in [0.25, 0.3) is 0 Å². The third kappa shape index (κ3) is 2.37. The van der Waals surface area contributed by atoms with Gasteiger partial charge >= 0.3 is 12.0 Å². The minimum Gasteiger partial charge on any atom is -0.479 e. The number of carbonyl (C=O) groups excluding carboxylic acids is 1. The Balaban J connectivity index is 2.11. The molecule has 2 aliphatic heterocycles. The van der Waals surface area contributed by atoms with Crippen molar-refractivity contribution in [3.05, 3.63) is 0 Å². The first kappa shape index (κ1) is 15.1. The van der Waals surface area contributed by atoms with Crippen LogP contribution < -0.4 is 0 Å². The third-order valence-corrected chi connectivity index (χ3v) is 4.87. The van der Waals surface area contributed by atoms with Crippen molar-refractivity contribution in [2.24, 2.45) is 0 Å². The van der Waals surface area contributed by atoms with Crippen molar-refractivity contribution in [2.75, 3.05) is 33.7 Å². The molecule has 2 atom stereocenters. The number of hydrogen-bond donors (Lipinski definition) is 1. The van der Waals surface area contributed by atoms with Crippen molar-refractivity contribution in [3.63, 3.8) is 0 Å². The van der Waals surface area contributed by atoms with Crippen LogP contribution in [0.25, 0.3) is 0 Å². The summed E-state index contributed by atoms with van der Waals surface area (Å²) >= 11 is 0. The molecule has 0 spiro atoms. The molecule has 6 nitrogen and oxygen atoms in total. The fraction of sp³-hybridized carbons (Fsp3) is 0.857. The van der Waals surface area contributed by atoms with Crippen molar-refractivity contribution in [1.82, 2.24) is 14.7 Å². The standard InChI is InChI=1S/C14H25N3O3/c1-4-14(12(18)19)7-5-8-17(14)13(20)16-9-6-11(10-16)15(2)3/h11H,4-10H2,1-3H3,(H,18,19). The molecule has 2 amide bonds. The quantitative estimate of drug-likeness (QED) is 0.841. The molecular weight excluding hydrogens is 258 g/mol. The minimum absolute atomic E-state index is 0.101. The molecule has 2 unspecified atom stereocenters. The van der Waals surface area contributed by atoms with Crippen LogP contribution >= 0.6 is 0 Å². The molecule has 2 fully saturated rings. The van der Waals surface area contributed by atoms with Gasteiger partial charge in [-0.1, -0.05) is 6.92 Å². The number of carboxylic acid groups (broad SMARTS) is 1. The lowest BCUT2D eigenvalue weighted by Gasteiger charge is -2.36. The van der Waals surface area contributed by atoms with E-state index in [2.05, 4.69) is 4.90 Å². The highest BCUT2D eigenvalue weighted by Gasteiger charge is 2.50. The summed E-state index contributed by atoms with van der Waals surface area (Å²) in [4.78, 5) is 29.8. The van der Waals surface area contributed by atoms with Crippen molar-refractivity contribution in [3.8, 4) is 0 Å². The second-order valence-corrected chi connectivity index (χ2v) is 6.08. The van der Waals surface area contributed by atoms with Gasteiger partial charge in [-0.25, -0.2) is 9.59 Å². The van der Waals surface area contributed by atoms with Crippen molar-refractivity contribution >= 4 is 12.0 Å². The monoisotopic (exact) mass is 283 g/mol. The Bertz CT molecular complexity index is 399. The highest BCUT2D eigenvalue weighted by atomic mass is 16.4. The van der Waals surface area contributed by atoms with E-state index in [9.17, 15) is 14.7 Å². The Morgan fingerprint density at radius 3 is 2.55 bits per heavy atom. The number of likely N-dealkylation sites (N-methyl/N-ethyl adjacent to an activating group) is 1. The van der Waals surface area contributed by atoms with Crippen LogP contribution in [0.3, 0.4) is 0 Å². The van der Waals surface area contributed by atoms with E-state index < -0.39 is 11.5 Å². The third-order valence-electron chi connectivity index (χ3n) is 4.87. The highest BCUT2D eigenvalue weighted by molar-refractivity contribution is 5.87. The molecule has 0 aliphatic carbocycles. The lowest BCUT2D eigenvalue weighted by Crippen LogP contribution is -2.56. The van der Waals surface area contributed by atoms with Gasteiger partial charge in [-0.3, -0.25) is 0 Å². The van der Waals surface area contributed by atoms with E-state index in [0.717, 1.165) is 19.4 Å². The number of aliphatic carboxylic acids is 1. The maximum absolute atomic E-state index is 12.7. The lowest BCUT2D eigenvalue weighted by atomic mass is 9.93. The summed E-state index contributed by atoms with van der Waals surface area (Å²) < 4.78 is 0. The van der Waals surface area contributed by atoms with Crippen LogP contribution in [0.2, 0.25) is 0 Å². The van der Waals surface area contributed by atoms with Crippen LogP contribution in [0, 0.1) is 0 Å². The fourth-order valence-electron chi connectivity index (χ4n) is 3.41. The van der Waals surface area contributed by atoms with E-state index in [-0.39, 0.29) is 6.03 Å². The molecule has 0 saturated carbocycles. The van der Waals surface area contributed by atoms with Crippen LogP contribution in [-0.4, -0.2) is 77.1 Å². The Morgan fingerprint density at radius 1 is 1.35 bits per heavy atom. The van der Waals surface area contributed by atoms with Crippen LogP contribution in [0.15, 0.2) is 0 Å². The van der Waals surface area contributed by atoms with Gasteiger partial charge in [0.15, 0.2) is 0 Å². The van der Waals surface area contributed by atoms with Gasteiger partial charge in [0.1, 0.15) is 5.54 Å². The van der Waals surface area contributed by atoms with E-state index in [1.54, 1.807) is 4.90 Å². The van der Waals surface area contributed by atoms with E-state index in [0.29, 0.717) is 32.0 Å². The second kappa shape index (κ2) is 5.60. The van der Waals surface area contributed by atoms with Gasteiger partial charge in [-0.15, -0.1) is 0 Å². The molecule has 20 heavy (non-hydrogen) atoms. The van der Waals surface area contributed by atoms with Crippen LogP contribution in [0.5, 0.6) is 0 Å². The second-order valence-electron chi connectivity index (χ2n) is 6.08. The molecular formula is C14H25N3O3. The maximum atomic E-state index is 12.7. The van der Waals surface area contributed by atoms with Gasteiger partial charge < -0.3 is 19.8 Å². The molecule has 2 saturated heterocycles. The number of hydrogen-bond acceptors (Lipinski definition) is 3. The average Bonchev–Trinajstić information content (AvgIpc) is 3.05. The normalized spacial score (nSPS) is 30.3. The summed E-state index contributed by atoms with van der Waals surface area (Å²) in [6, 6.07) is 0.276. The fourth-order valence-corrected chi connectivity index (χ4v) is 3.41. The summed E-state index contributed by atoms with van der Waals surface area (Å²) in [6.45, 7) is 3.83. The number of carboxylic acids is 1. The van der Waals surface area contributed by atoms with E-state index in [1.807, 2.05) is 25.9 Å². The zero-order valence-corrected chi connectivity index (χ0v) is 12.6. The predicted octanol–water partition coefficient (Wildman–Crippen LogP) is 1.07. The average molecular weight is 283 g/mol. The maximum Gasteiger partial charge on any atom is 0.329 e. The summed E-state index contributed by atoms with van der Waals surface area (Å²) in [6.07, 6.45) is 2.77.